The van der Waals surface area contributed by atoms with Crippen molar-refractivity contribution in [1.82, 2.24) is 9.97 Å². The fourth-order valence-corrected chi connectivity index (χ4v) is 5.38. The van der Waals surface area contributed by atoms with Gasteiger partial charge in [-0.2, -0.15) is 0 Å². The Morgan fingerprint density at radius 2 is 1.15 bits per heavy atom. The molecule has 0 saturated heterocycles. The molecular formula is C20H10Cl4F2N2O3PS2+. The quantitative estimate of drug-likeness (QED) is 0.188. The summed E-state index contributed by atoms with van der Waals surface area (Å²) in [6.07, 6.45) is -4.41. The Morgan fingerprint density at radius 1 is 0.735 bits per heavy atom. The lowest BCUT2D eigenvalue weighted by Gasteiger charge is -2.01. The summed E-state index contributed by atoms with van der Waals surface area (Å²) in [6.45, 7) is 0. The molecule has 0 saturated carbocycles. The van der Waals surface area contributed by atoms with Crippen LogP contribution in [0.15, 0.2) is 47.2 Å². The number of alkyl halides is 2. The van der Waals surface area contributed by atoms with Gasteiger partial charge in [0.2, 0.25) is 0 Å². The summed E-state index contributed by atoms with van der Waals surface area (Å²) in [5.74, 6) is 0. The fraction of sp³-hybridized carbons (Fsp3) is 0.100. The van der Waals surface area contributed by atoms with Crippen LogP contribution in [0, 0.1) is 0 Å². The first kappa shape index (κ1) is 25.8. The molecule has 0 amide bonds. The summed E-state index contributed by atoms with van der Waals surface area (Å²) in [5, 5.41) is 5.01. The zero-order chi connectivity index (χ0) is 24.4. The average Bonchev–Trinajstić information content (AvgIpc) is 3.48. The van der Waals surface area contributed by atoms with E-state index in [4.69, 9.17) is 46.4 Å². The first-order valence-electron chi connectivity index (χ1n) is 9.12. The van der Waals surface area contributed by atoms with Crippen LogP contribution in [-0.4, -0.2) is 9.97 Å². The second-order valence-electron chi connectivity index (χ2n) is 6.48. The molecule has 2 atom stereocenters. The summed E-state index contributed by atoms with van der Waals surface area (Å²) in [5.41, 5.74) is 0.931. The van der Waals surface area contributed by atoms with Gasteiger partial charge in [-0.3, -0.25) is 0 Å². The maximum atomic E-state index is 14.5. The van der Waals surface area contributed by atoms with Gasteiger partial charge in [0, 0.05) is 26.5 Å². The highest BCUT2D eigenvalue weighted by molar-refractivity contribution is 7.33. The van der Waals surface area contributed by atoms with Gasteiger partial charge in [0.25, 0.3) is 12.7 Å². The van der Waals surface area contributed by atoms with Crippen LogP contribution < -0.4 is 0 Å². The Labute approximate surface area is 221 Å². The van der Waals surface area contributed by atoms with Crippen LogP contribution in [-0.2, 0) is 13.6 Å². The highest BCUT2D eigenvalue weighted by atomic mass is 35.5. The van der Waals surface area contributed by atoms with Crippen molar-refractivity contribution in [2.24, 2.45) is 0 Å². The number of hydrogen-bond donors (Lipinski definition) is 0. The lowest BCUT2D eigenvalue weighted by atomic mass is 10.2. The van der Waals surface area contributed by atoms with E-state index in [1.54, 1.807) is 36.4 Å². The molecule has 0 spiro atoms. The van der Waals surface area contributed by atoms with Crippen LogP contribution in [0.25, 0.3) is 21.1 Å². The molecule has 34 heavy (non-hydrogen) atoms. The molecule has 0 radical (unpaired) electrons. The van der Waals surface area contributed by atoms with Gasteiger partial charge in [0.15, 0.2) is 0 Å². The first-order chi connectivity index (χ1) is 16.2. The standard InChI is InChI=1S/C20H10Cl4F2N2O3PS2/c21-11-3-1-9(5-13(11)23)19-27-15(7-33-19)17(25)30-32(29)31-18(26)16-8-34-20(28-16)10-2-4-12(22)14(24)6-10/h1-8,17-18H/q+1. The van der Waals surface area contributed by atoms with E-state index in [0.29, 0.717) is 41.2 Å². The van der Waals surface area contributed by atoms with Crippen molar-refractivity contribution in [2.45, 2.75) is 12.7 Å². The molecule has 0 N–H and O–H groups in total. The SMILES string of the molecule is O=[P+](OC(F)c1csc(-c2ccc(Cl)c(Cl)c2)n1)OC(F)c1csc(-c2ccc(Cl)c(Cl)c2)n1. The molecule has 176 valence electrons. The molecule has 4 rings (SSSR count). The highest BCUT2D eigenvalue weighted by Gasteiger charge is 2.35. The minimum Gasteiger partial charge on any atom is -0.235 e. The summed E-state index contributed by atoms with van der Waals surface area (Å²) in [7, 11) is -3.16. The zero-order valence-corrected chi connectivity index (χ0v) is 22.0. The third-order valence-corrected chi connectivity index (χ3v) is 8.21. The second kappa shape index (κ2) is 11.2. The van der Waals surface area contributed by atoms with E-state index < -0.39 is 21.0 Å². The normalized spacial score (nSPS) is 13.6. The molecule has 0 aliphatic rings. The predicted octanol–water partition coefficient (Wildman–Crippen LogP) is 9.87. The van der Waals surface area contributed by atoms with Gasteiger partial charge in [-0.15, -0.1) is 22.7 Å². The Balaban J connectivity index is 1.37. The van der Waals surface area contributed by atoms with Gasteiger partial charge in [-0.05, 0) is 24.3 Å². The lowest BCUT2D eigenvalue weighted by molar-refractivity contribution is 0.00970. The zero-order valence-electron chi connectivity index (χ0n) is 16.4. The molecule has 14 heteroatoms. The van der Waals surface area contributed by atoms with Crippen molar-refractivity contribution in [3.8, 4) is 21.1 Å². The minimum absolute atomic E-state index is 0.149. The van der Waals surface area contributed by atoms with Gasteiger partial charge < -0.3 is 0 Å². The molecule has 0 fully saturated rings. The topological polar surface area (TPSA) is 61.3 Å². The summed E-state index contributed by atoms with van der Waals surface area (Å²) in [4.78, 5) is 8.20. The second-order valence-corrected chi connectivity index (χ2v) is 10.7. The third-order valence-electron chi connectivity index (χ3n) is 4.20. The molecule has 2 unspecified atom stereocenters. The first-order valence-corrected chi connectivity index (χ1v) is 13.5. The largest absolute Gasteiger partial charge is 0.704 e. The number of nitrogens with zero attached hydrogens (tertiary/aromatic N) is 2. The number of rotatable bonds is 8. The average molecular weight is 601 g/mol. The molecule has 2 aromatic carbocycles. The van der Waals surface area contributed by atoms with Crippen LogP contribution in [0.2, 0.25) is 20.1 Å². The minimum atomic E-state index is -3.16. The van der Waals surface area contributed by atoms with E-state index in [1.165, 1.54) is 10.8 Å². The Hall–Kier alpha value is -1.26. The molecule has 0 bridgehead atoms. The smallest absolute Gasteiger partial charge is 0.235 e. The van der Waals surface area contributed by atoms with Crippen molar-refractivity contribution < 1.29 is 22.4 Å². The predicted molar refractivity (Wildman–Crippen MR) is 133 cm³/mol. The summed E-state index contributed by atoms with van der Waals surface area (Å²) in [6, 6.07) is 9.67. The van der Waals surface area contributed by atoms with Crippen LogP contribution in [0.5, 0.6) is 0 Å². The molecule has 2 aromatic heterocycles. The number of thiazole rings is 2. The highest BCUT2D eigenvalue weighted by Crippen LogP contribution is 2.41. The van der Waals surface area contributed by atoms with Crippen LogP contribution in [0.1, 0.15) is 24.1 Å². The number of benzene rings is 2. The number of halogens is 6. The monoisotopic (exact) mass is 599 g/mol. The lowest BCUT2D eigenvalue weighted by Crippen LogP contribution is -1.98. The van der Waals surface area contributed by atoms with Gasteiger partial charge in [0.1, 0.15) is 21.4 Å². The van der Waals surface area contributed by atoms with E-state index in [1.807, 2.05) is 0 Å². The third kappa shape index (κ3) is 6.10. The van der Waals surface area contributed by atoms with Crippen LogP contribution in [0.4, 0.5) is 8.78 Å². The summed E-state index contributed by atoms with van der Waals surface area (Å²) < 4.78 is 50.3. The van der Waals surface area contributed by atoms with Crippen molar-refractivity contribution in [2.75, 3.05) is 0 Å². The Kier molecular flexibility index (Phi) is 8.51. The van der Waals surface area contributed by atoms with Gasteiger partial charge in [0.05, 0.1) is 20.1 Å². The molecule has 2 heterocycles. The van der Waals surface area contributed by atoms with Gasteiger partial charge in [-0.25, -0.2) is 18.7 Å². The van der Waals surface area contributed by atoms with E-state index in [0.717, 1.165) is 22.7 Å². The molecule has 4 aromatic rings. The van der Waals surface area contributed by atoms with Crippen LogP contribution in [0.3, 0.4) is 0 Å². The number of aromatic nitrogens is 2. The fourth-order valence-electron chi connectivity index (χ4n) is 2.59. The van der Waals surface area contributed by atoms with E-state index in [-0.39, 0.29) is 11.4 Å². The number of hydrogen-bond acceptors (Lipinski definition) is 7. The molecule has 0 aliphatic heterocycles. The Morgan fingerprint density at radius 3 is 1.53 bits per heavy atom. The van der Waals surface area contributed by atoms with Crippen LogP contribution >= 0.6 is 77.3 Å². The molecule has 0 aliphatic carbocycles. The van der Waals surface area contributed by atoms with E-state index in [9.17, 15) is 13.3 Å². The van der Waals surface area contributed by atoms with Crippen molar-refractivity contribution in [3.63, 3.8) is 0 Å². The molecular weight excluding hydrogens is 591 g/mol. The van der Waals surface area contributed by atoms with E-state index >= 15 is 0 Å². The van der Waals surface area contributed by atoms with Crippen molar-refractivity contribution >= 4 is 77.3 Å². The maximum absolute atomic E-state index is 14.5. The van der Waals surface area contributed by atoms with Crippen molar-refractivity contribution in [3.05, 3.63) is 78.6 Å². The molecule has 5 nitrogen and oxygen atoms in total. The summed E-state index contributed by atoms with van der Waals surface area (Å²) >= 11 is 26.0. The van der Waals surface area contributed by atoms with Crippen molar-refractivity contribution in [1.29, 1.82) is 0 Å². The van der Waals surface area contributed by atoms with E-state index in [2.05, 4.69) is 19.0 Å². The maximum Gasteiger partial charge on any atom is 0.704 e. The van der Waals surface area contributed by atoms with Gasteiger partial charge in [-0.1, -0.05) is 67.6 Å². The Bertz CT molecular complexity index is 1260. The van der Waals surface area contributed by atoms with Gasteiger partial charge >= 0.3 is 8.25 Å².